The molecule has 0 saturated heterocycles. The van der Waals surface area contributed by atoms with Crippen LogP contribution in [0.3, 0.4) is 0 Å². The van der Waals surface area contributed by atoms with Crippen molar-refractivity contribution < 1.29 is 20.1 Å². The van der Waals surface area contributed by atoms with E-state index < -0.39 is 18.2 Å². The van der Waals surface area contributed by atoms with Gasteiger partial charge in [-0.2, -0.15) is 0 Å². The highest BCUT2D eigenvalue weighted by atomic mass is 16.3. The third kappa shape index (κ3) is 44.4. The zero-order valence-electron chi connectivity index (χ0n) is 39.2. The first kappa shape index (κ1) is 56.8. The number of rotatable bonds is 48. The third-order valence-electron chi connectivity index (χ3n) is 12.2. The van der Waals surface area contributed by atoms with Crippen LogP contribution in [0.15, 0.2) is 24.3 Å². The van der Waals surface area contributed by atoms with Gasteiger partial charge in [0.25, 0.3) is 0 Å². The maximum absolute atomic E-state index is 12.4. The van der Waals surface area contributed by atoms with Crippen LogP contribution in [0.2, 0.25) is 0 Å². The van der Waals surface area contributed by atoms with Gasteiger partial charge in [-0.05, 0) is 32.1 Å². The first-order valence-electron chi connectivity index (χ1n) is 26.1. The molecule has 0 radical (unpaired) electrons. The van der Waals surface area contributed by atoms with Gasteiger partial charge in [-0.15, -0.1) is 0 Å². The second-order valence-electron chi connectivity index (χ2n) is 18.1. The Balaban J connectivity index is 3.48. The van der Waals surface area contributed by atoms with Crippen LogP contribution < -0.4 is 5.32 Å². The van der Waals surface area contributed by atoms with Gasteiger partial charge in [-0.25, -0.2) is 0 Å². The Labute approximate surface area is 362 Å². The lowest BCUT2D eigenvalue weighted by Crippen LogP contribution is -2.45. The van der Waals surface area contributed by atoms with Crippen molar-refractivity contribution >= 4 is 5.91 Å². The Morgan fingerprint density at radius 1 is 0.431 bits per heavy atom. The van der Waals surface area contributed by atoms with Crippen LogP contribution in [0, 0.1) is 0 Å². The van der Waals surface area contributed by atoms with Gasteiger partial charge >= 0.3 is 0 Å². The molecule has 58 heavy (non-hydrogen) atoms. The van der Waals surface area contributed by atoms with Crippen molar-refractivity contribution in [3.63, 3.8) is 0 Å². The summed E-state index contributed by atoms with van der Waals surface area (Å²) in [5.74, 6) is -0.322. The number of aliphatic hydroxyl groups is 3. The minimum Gasteiger partial charge on any atom is -0.394 e. The van der Waals surface area contributed by atoms with Gasteiger partial charge < -0.3 is 20.6 Å². The van der Waals surface area contributed by atoms with E-state index in [1.807, 2.05) is 6.08 Å². The summed E-state index contributed by atoms with van der Waals surface area (Å²) in [5.41, 5.74) is 0. The smallest absolute Gasteiger partial charge is 0.222 e. The number of aliphatic hydroxyl groups excluding tert-OH is 3. The highest BCUT2D eigenvalue weighted by Crippen LogP contribution is 2.17. The zero-order valence-corrected chi connectivity index (χ0v) is 39.2. The summed E-state index contributed by atoms with van der Waals surface area (Å²) >= 11 is 0. The average molecular weight is 818 g/mol. The minimum absolute atomic E-state index is 0.00984. The summed E-state index contributed by atoms with van der Waals surface area (Å²) in [4.78, 5) is 12.4. The van der Waals surface area contributed by atoms with Crippen LogP contribution in [-0.2, 0) is 4.79 Å². The van der Waals surface area contributed by atoms with Crippen LogP contribution in [-0.4, -0.2) is 46.1 Å². The molecule has 3 unspecified atom stereocenters. The molecule has 4 N–H and O–H groups in total. The van der Waals surface area contributed by atoms with Crippen LogP contribution in [0.4, 0.5) is 0 Å². The lowest BCUT2D eigenvalue weighted by atomic mass is 10.0. The molecular formula is C53H103NO4. The Morgan fingerprint density at radius 3 is 1.10 bits per heavy atom. The molecule has 344 valence electrons. The molecule has 5 heteroatoms. The molecule has 3 atom stereocenters. The quantitative estimate of drug-likeness (QED) is 0.0364. The average Bonchev–Trinajstić information content (AvgIpc) is 3.22. The fourth-order valence-electron chi connectivity index (χ4n) is 8.24. The van der Waals surface area contributed by atoms with Crippen LogP contribution in [0.5, 0.6) is 0 Å². The fourth-order valence-corrected chi connectivity index (χ4v) is 8.24. The van der Waals surface area contributed by atoms with Gasteiger partial charge in [0.2, 0.25) is 5.91 Å². The highest BCUT2D eigenvalue weighted by Gasteiger charge is 2.20. The Hall–Kier alpha value is -1.17. The predicted molar refractivity (Wildman–Crippen MR) is 255 cm³/mol. The molecule has 0 aliphatic carbocycles. The summed E-state index contributed by atoms with van der Waals surface area (Å²) in [6.07, 6.45) is 60.9. The number of hydrogen-bond donors (Lipinski definition) is 4. The topological polar surface area (TPSA) is 89.8 Å². The van der Waals surface area contributed by atoms with Crippen LogP contribution in [0.25, 0.3) is 0 Å². The van der Waals surface area contributed by atoms with E-state index in [0.29, 0.717) is 6.42 Å². The van der Waals surface area contributed by atoms with E-state index in [1.165, 1.54) is 225 Å². The van der Waals surface area contributed by atoms with Crippen molar-refractivity contribution in [2.75, 3.05) is 6.61 Å². The lowest BCUT2D eigenvalue weighted by molar-refractivity contribution is -0.124. The molecule has 0 saturated carbocycles. The van der Waals surface area contributed by atoms with Gasteiger partial charge in [-0.1, -0.05) is 269 Å². The molecule has 5 nitrogen and oxygen atoms in total. The first-order chi connectivity index (χ1) is 28.5. The second-order valence-corrected chi connectivity index (χ2v) is 18.1. The number of carbonyl (C=O) groups excluding carboxylic acids is 1. The SMILES string of the molecule is CCCCCCCC/C=C/CC/C=C/C(O)C(CO)NC(=O)CC(O)CCCCCCCCCCCCCCCCCCCCCCCCCCCCCCCCC. The Kier molecular flexibility index (Phi) is 47.5. The number of carbonyl (C=O) groups is 1. The lowest BCUT2D eigenvalue weighted by Gasteiger charge is -2.21. The van der Waals surface area contributed by atoms with Gasteiger partial charge in [0.1, 0.15) is 0 Å². The molecule has 0 aliphatic rings. The molecule has 0 aliphatic heterocycles. The van der Waals surface area contributed by atoms with Gasteiger partial charge in [0.15, 0.2) is 0 Å². The Morgan fingerprint density at radius 2 is 0.741 bits per heavy atom. The van der Waals surface area contributed by atoms with E-state index >= 15 is 0 Å². The summed E-state index contributed by atoms with van der Waals surface area (Å²) in [6, 6.07) is -0.757. The Bertz CT molecular complexity index is 859. The number of nitrogens with one attached hydrogen (secondary N) is 1. The van der Waals surface area contributed by atoms with E-state index in [9.17, 15) is 20.1 Å². The van der Waals surface area contributed by atoms with Crippen molar-refractivity contribution in [3.8, 4) is 0 Å². The van der Waals surface area contributed by atoms with Crippen molar-refractivity contribution in [3.05, 3.63) is 24.3 Å². The second kappa shape index (κ2) is 48.5. The zero-order chi connectivity index (χ0) is 42.3. The van der Waals surface area contributed by atoms with E-state index in [2.05, 4.69) is 31.3 Å². The summed E-state index contributed by atoms with van der Waals surface area (Å²) in [6.45, 7) is 4.20. The molecular weight excluding hydrogens is 715 g/mol. The largest absolute Gasteiger partial charge is 0.394 e. The van der Waals surface area contributed by atoms with E-state index in [-0.39, 0.29) is 18.9 Å². The van der Waals surface area contributed by atoms with Crippen molar-refractivity contribution in [2.45, 2.75) is 302 Å². The first-order valence-corrected chi connectivity index (χ1v) is 26.1. The highest BCUT2D eigenvalue weighted by molar-refractivity contribution is 5.76. The molecule has 0 aromatic rings. The van der Waals surface area contributed by atoms with Crippen LogP contribution in [0.1, 0.15) is 284 Å². The van der Waals surface area contributed by atoms with Crippen molar-refractivity contribution in [1.82, 2.24) is 5.32 Å². The number of unbranched alkanes of at least 4 members (excludes halogenated alkanes) is 37. The normalized spacial score (nSPS) is 13.5. The standard InChI is InChI=1S/C53H103NO4/c1-3-5-7-9-11-13-15-17-18-19-20-21-22-23-24-25-26-27-28-29-30-31-32-33-34-35-36-38-40-42-44-46-50(56)48-53(58)54-51(49-55)52(57)47-45-43-41-39-37-16-14-12-10-8-6-4-2/h37,39,45,47,50-52,55-57H,3-36,38,40-44,46,48-49H2,1-2H3,(H,54,58)/b39-37+,47-45+. The van der Waals surface area contributed by atoms with Crippen molar-refractivity contribution in [2.24, 2.45) is 0 Å². The number of hydrogen-bond acceptors (Lipinski definition) is 4. The summed E-state index contributed by atoms with van der Waals surface area (Å²) < 4.78 is 0. The maximum Gasteiger partial charge on any atom is 0.222 e. The minimum atomic E-state index is -0.948. The number of allylic oxidation sites excluding steroid dienone is 3. The van der Waals surface area contributed by atoms with Gasteiger partial charge in [0.05, 0.1) is 31.3 Å². The summed E-state index contributed by atoms with van der Waals surface area (Å²) in [7, 11) is 0. The van der Waals surface area contributed by atoms with E-state index in [0.717, 1.165) is 32.1 Å². The predicted octanol–water partition coefficient (Wildman–Crippen LogP) is 15.7. The molecule has 0 fully saturated rings. The molecule has 0 spiro atoms. The summed E-state index contributed by atoms with van der Waals surface area (Å²) in [5, 5.41) is 33.2. The molecule has 0 bridgehead atoms. The van der Waals surface area contributed by atoms with Gasteiger partial charge in [0, 0.05) is 0 Å². The van der Waals surface area contributed by atoms with Gasteiger partial charge in [-0.3, -0.25) is 4.79 Å². The molecule has 0 aromatic heterocycles. The number of amides is 1. The van der Waals surface area contributed by atoms with E-state index in [1.54, 1.807) is 6.08 Å². The molecule has 1 amide bonds. The third-order valence-corrected chi connectivity index (χ3v) is 12.2. The van der Waals surface area contributed by atoms with Crippen LogP contribution >= 0.6 is 0 Å². The molecule has 0 aromatic carbocycles. The molecule has 0 heterocycles. The van der Waals surface area contributed by atoms with E-state index in [4.69, 9.17) is 0 Å². The maximum atomic E-state index is 12.4. The molecule has 0 rings (SSSR count). The van der Waals surface area contributed by atoms with Crippen molar-refractivity contribution in [1.29, 1.82) is 0 Å². The monoisotopic (exact) mass is 818 g/mol. The fraction of sp³-hybridized carbons (Fsp3) is 0.906.